The monoisotopic (exact) mass is 606 g/mol. The third-order valence-electron chi connectivity index (χ3n) is 7.49. The van der Waals surface area contributed by atoms with Crippen LogP contribution in [0.2, 0.25) is 0 Å². The quantitative estimate of drug-likeness (QED) is 0.0353. The molecule has 0 aliphatic rings. The van der Waals surface area contributed by atoms with E-state index in [2.05, 4.69) is 32.1 Å². The van der Waals surface area contributed by atoms with Crippen LogP contribution in [0.4, 0.5) is 0 Å². The predicted octanol–water partition coefficient (Wildman–Crippen LogP) is 9.48. The van der Waals surface area contributed by atoms with E-state index in [1.165, 1.54) is 64.2 Å². The van der Waals surface area contributed by atoms with Crippen molar-refractivity contribution in [3.05, 3.63) is 36.5 Å². The van der Waals surface area contributed by atoms with Crippen molar-refractivity contribution in [1.29, 1.82) is 0 Å². The first kappa shape index (κ1) is 41.1. The molecule has 1 unspecified atom stereocenters. The molecule has 2 N–H and O–H groups in total. The summed E-state index contributed by atoms with van der Waals surface area (Å²) in [7, 11) is 0. The summed E-state index contributed by atoms with van der Waals surface area (Å²) in [5.41, 5.74) is 0. The van der Waals surface area contributed by atoms with Crippen molar-refractivity contribution in [2.45, 2.75) is 174 Å². The van der Waals surface area contributed by atoms with Crippen LogP contribution in [0, 0.1) is 0 Å². The third kappa shape index (κ3) is 32.8. The van der Waals surface area contributed by atoms with E-state index < -0.39 is 12.2 Å². The average molecular weight is 607 g/mol. The average Bonchev–Trinajstić information content (AvgIpc) is 3.00. The molecule has 0 aromatic rings. The van der Waals surface area contributed by atoms with Gasteiger partial charge in [0.1, 0.15) is 19.3 Å². The molecule has 0 fully saturated rings. The van der Waals surface area contributed by atoms with Crippen LogP contribution in [-0.2, 0) is 19.1 Å². The molecule has 43 heavy (non-hydrogen) atoms. The van der Waals surface area contributed by atoms with Gasteiger partial charge in [0.05, 0.1) is 6.10 Å². The highest BCUT2D eigenvalue weighted by Gasteiger charge is 2.12. The predicted molar refractivity (Wildman–Crippen MR) is 179 cm³/mol. The van der Waals surface area contributed by atoms with E-state index in [1.807, 2.05) is 18.2 Å². The number of hydrogen-bond donors (Lipinski definition) is 2. The fraction of sp³-hybridized carbons (Fsp3) is 0.784. The second-order valence-electron chi connectivity index (χ2n) is 11.8. The molecule has 0 rings (SSSR count). The zero-order valence-electron chi connectivity index (χ0n) is 27.8. The largest absolute Gasteiger partial charge is 0.463 e. The number of hydrogen-bond acceptors (Lipinski definition) is 6. The highest BCUT2D eigenvalue weighted by Crippen LogP contribution is 2.13. The molecule has 6 heteroatoms. The molecule has 0 spiro atoms. The molecule has 0 aromatic carbocycles. The van der Waals surface area contributed by atoms with Crippen LogP contribution in [0.5, 0.6) is 0 Å². The SMILES string of the molecule is CC/C=C/C/C=C/C=C/C(O)CCCCCCCC(=O)OC[C@H](O)COC(=O)CCCCCCCCCCCCCCC. The van der Waals surface area contributed by atoms with Gasteiger partial charge in [0.25, 0.3) is 0 Å². The van der Waals surface area contributed by atoms with Gasteiger partial charge in [-0.3, -0.25) is 9.59 Å². The van der Waals surface area contributed by atoms with Crippen LogP contribution in [0.3, 0.4) is 0 Å². The van der Waals surface area contributed by atoms with Crippen molar-refractivity contribution < 1.29 is 29.3 Å². The molecule has 6 nitrogen and oxygen atoms in total. The van der Waals surface area contributed by atoms with Crippen LogP contribution >= 0.6 is 0 Å². The van der Waals surface area contributed by atoms with Gasteiger partial charge in [0.2, 0.25) is 0 Å². The first-order chi connectivity index (χ1) is 21.0. The molecule has 0 radical (unpaired) electrons. The first-order valence-electron chi connectivity index (χ1n) is 17.6. The standard InChI is InChI=1S/C37H66O6/c1-3-5-7-9-11-12-13-14-15-16-18-22-26-30-36(40)42-32-35(39)33-43-37(41)31-27-23-19-21-25-29-34(38)28-24-20-17-10-8-6-4-2/h6,8,17,20,24,28,34-35,38-39H,3-5,7,9-16,18-19,21-23,25-27,29-33H2,1-2H3/b8-6+,20-17+,28-24+/t34?,35-/m1/s1. The minimum Gasteiger partial charge on any atom is -0.463 e. The second-order valence-corrected chi connectivity index (χ2v) is 11.8. The maximum absolute atomic E-state index is 11.9. The van der Waals surface area contributed by atoms with E-state index in [-0.39, 0.29) is 25.2 Å². The van der Waals surface area contributed by atoms with Crippen molar-refractivity contribution in [3.63, 3.8) is 0 Å². The van der Waals surface area contributed by atoms with Gasteiger partial charge in [-0.2, -0.15) is 0 Å². The van der Waals surface area contributed by atoms with Crippen molar-refractivity contribution in [3.8, 4) is 0 Å². The lowest BCUT2D eigenvalue weighted by Gasteiger charge is -2.12. The van der Waals surface area contributed by atoms with Crippen molar-refractivity contribution in [2.24, 2.45) is 0 Å². The lowest BCUT2D eigenvalue weighted by Crippen LogP contribution is -2.25. The summed E-state index contributed by atoms with van der Waals surface area (Å²) in [6.07, 6.45) is 35.0. The number of esters is 2. The van der Waals surface area contributed by atoms with Crippen LogP contribution in [-0.4, -0.2) is 47.6 Å². The Morgan fingerprint density at radius 2 is 1.05 bits per heavy atom. The Bertz CT molecular complexity index is 714. The van der Waals surface area contributed by atoms with E-state index >= 15 is 0 Å². The summed E-state index contributed by atoms with van der Waals surface area (Å²) in [6, 6.07) is 0. The number of aliphatic hydroxyl groups excluding tert-OH is 2. The van der Waals surface area contributed by atoms with Crippen LogP contribution < -0.4 is 0 Å². The van der Waals surface area contributed by atoms with Crippen LogP contribution in [0.15, 0.2) is 36.5 Å². The molecule has 0 heterocycles. The Balaban J connectivity index is 3.54. The normalized spacial score (nSPS) is 13.3. The Hall–Kier alpha value is -1.92. The van der Waals surface area contributed by atoms with E-state index in [4.69, 9.17) is 9.47 Å². The fourth-order valence-electron chi connectivity index (χ4n) is 4.80. The summed E-state index contributed by atoms with van der Waals surface area (Å²) in [4.78, 5) is 23.8. The molecule has 0 aliphatic heterocycles. The van der Waals surface area contributed by atoms with Gasteiger partial charge < -0.3 is 19.7 Å². The first-order valence-corrected chi connectivity index (χ1v) is 17.6. The zero-order valence-corrected chi connectivity index (χ0v) is 27.8. The number of ether oxygens (including phenoxy) is 2. The molecule has 0 aliphatic carbocycles. The number of allylic oxidation sites excluding steroid dienone is 5. The van der Waals surface area contributed by atoms with Crippen molar-refractivity contribution >= 4 is 11.9 Å². The summed E-state index contributed by atoms with van der Waals surface area (Å²) >= 11 is 0. The van der Waals surface area contributed by atoms with E-state index in [0.29, 0.717) is 12.8 Å². The maximum atomic E-state index is 11.9. The van der Waals surface area contributed by atoms with Gasteiger partial charge in [-0.05, 0) is 32.1 Å². The molecule has 0 aromatic heterocycles. The van der Waals surface area contributed by atoms with Gasteiger partial charge in [0, 0.05) is 12.8 Å². The molecule has 0 amide bonds. The van der Waals surface area contributed by atoms with Crippen molar-refractivity contribution in [1.82, 2.24) is 0 Å². The smallest absolute Gasteiger partial charge is 0.305 e. The van der Waals surface area contributed by atoms with Gasteiger partial charge in [-0.15, -0.1) is 0 Å². The van der Waals surface area contributed by atoms with E-state index in [1.54, 1.807) is 0 Å². The minimum absolute atomic E-state index is 0.141. The number of carbonyl (C=O) groups excluding carboxylic acids is 2. The fourth-order valence-corrected chi connectivity index (χ4v) is 4.80. The van der Waals surface area contributed by atoms with Gasteiger partial charge >= 0.3 is 11.9 Å². The Morgan fingerprint density at radius 3 is 1.53 bits per heavy atom. The number of carbonyl (C=O) groups is 2. The molecule has 0 saturated carbocycles. The van der Waals surface area contributed by atoms with Crippen LogP contribution in [0.1, 0.15) is 162 Å². The summed E-state index contributed by atoms with van der Waals surface area (Å²) < 4.78 is 10.3. The molecular weight excluding hydrogens is 540 g/mol. The maximum Gasteiger partial charge on any atom is 0.305 e. The Labute approximate surface area is 264 Å². The lowest BCUT2D eigenvalue weighted by molar-refractivity contribution is -0.152. The summed E-state index contributed by atoms with van der Waals surface area (Å²) in [5, 5.41) is 20.0. The lowest BCUT2D eigenvalue weighted by atomic mass is 10.0. The summed E-state index contributed by atoms with van der Waals surface area (Å²) in [5.74, 6) is -0.638. The topological polar surface area (TPSA) is 93.1 Å². The van der Waals surface area contributed by atoms with Gasteiger partial charge in [-0.1, -0.05) is 153 Å². The van der Waals surface area contributed by atoms with E-state index in [0.717, 1.165) is 70.6 Å². The molecule has 2 atom stereocenters. The minimum atomic E-state index is -0.992. The van der Waals surface area contributed by atoms with Crippen LogP contribution in [0.25, 0.3) is 0 Å². The second kappa shape index (κ2) is 33.0. The molecule has 0 saturated heterocycles. The highest BCUT2D eigenvalue weighted by molar-refractivity contribution is 5.69. The molecule has 250 valence electrons. The third-order valence-corrected chi connectivity index (χ3v) is 7.49. The molecule has 0 bridgehead atoms. The highest BCUT2D eigenvalue weighted by atomic mass is 16.6. The Kier molecular flexibility index (Phi) is 31.5. The Morgan fingerprint density at radius 1 is 0.581 bits per heavy atom. The van der Waals surface area contributed by atoms with Gasteiger partial charge in [-0.25, -0.2) is 0 Å². The number of aliphatic hydroxyl groups is 2. The number of rotatable bonds is 31. The van der Waals surface area contributed by atoms with Crippen molar-refractivity contribution in [2.75, 3.05) is 13.2 Å². The van der Waals surface area contributed by atoms with E-state index in [9.17, 15) is 19.8 Å². The molecular formula is C37H66O6. The van der Waals surface area contributed by atoms with Gasteiger partial charge in [0.15, 0.2) is 0 Å². The number of unbranched alkanes of at least 4 members (excludes halogenated alkanes) is 16. The summed E-state index contributed by atoms with van der Waals surface area (Å²) in [6.45, 7) is 4.07. The zero-order chi connectivity index (χ0) is 31.6.